The Morgan fingerprint density at radius 3 is 2.94 bits per heavy atom. The van der Waals surface area contributed by atoms with Crippen LogP contribution in [0.1, 0.15) is 12.0 Å². The molecule has 0 aliphatic carbocycles. The van der Waals surface area contributed by atoms with Crippen LogP contribution >= 0.6 is 23.7 Å². The summed E-state index contributed by atoms with van der Waals surface area (Å²) in [6.07, 6.45) is 1.26. The van der Waals surface area contributed by atoms with Gasteiger partial charge in [0.15, 0.2) is 0 Å². The zero-order chi connectivity index (χ0) is 11.7. The molecule has 98 valence electrons. The van der Waals surface area contributed by atoms with E-state index < -0.39 is 0 Å². The number of nitrogens with zero attached hydrogens (tertiary/aromatic N) is 1. The second-order valence-electron chi connectivity index (χ2n) is 4.88. The molecule has 0 radical (unpaired) electrons. The van der Waals surface area contributed by atoms with Gasteiger partial charge in [0, 0.05) is 17.8 Å². The third-order valence-electron chi connectivity index (χ3n) is 3.66. The standard InChI is InChI=1S/C14H18N2S.ClH/c15-7-11-5-6-16(8-11)9-12-10-17-14-4-2-1-3-13(12)14;/h1-4,10-11H,5-9,15H2;1H. The van der Waals surface area contributed by atoms with Crippen LogP contribution in [-0.4, -0.2) is 24.5 Å². The third-order valence-corrected chi connectivity index (χ3v) is 4.67. The Hall–Kier alpha value is -0.610. The lowest BCUT2D eigenvalue weighted by Crippen LogP contribution is -2.22. The van der Waals surface area contributed by atoms with E-state index in [-0.39, 0.29) is 12.4 Å². The van der Waals surface area contributed by atoms with E-state index in [1.807, 2.05) is 11.3 Å². The van der Waals surface area contributed by atoms with E-state index in [2.05, 4.69) is 34.5 Å². The monoisotopic (exact) mass is 282 g/mol. The first kappa shape index (κ1) is 13.8. The largest absolute Gasteiger partial charge is 0.330 e. The average Bonchev–Trinajstić information content (AvgIpc) is 2.97. The van der Waals surface area contributed by atoms with Gasteiger partial charge in [-0.3, -0.25) is 4.90 Å². The zero-order valence-electron chi connectivity index (χ0n) is 10.3. The van der Waals surface area contributed by atoms with Crippen molar-refractivity contribution in [3.63, 3.8) is 0 Å². The molecule has 2 N–H and O–H groups in total. The van der Waals surface area contributed by atoms with Crippen molar-refractivity contribution in [2.75, 3.05) is 19.6 Å². The molecule has 1 aromatic carbocycles. The SMILES string of the molecule is Cl.NCC1CCN(Cc2csc3ccccc23)C1. The Kier molecular flexibility index (Phi) is 4.62. The van der Waals surface area contributed by atoms with Gasteiger partial charge in [-0.15, -0.1) is 23.7 Å². The minimum absolute atomic E-state index is 0. The van der Waals surface area contributed by atoms with Crippen molar-refractivity contribution in [3.05, 3.63) is 35.2 Å². The van der Waals surface area contributed by atoms with Crippen LogP contribution < -0.4 is 5.73 Å². The number of fused-ring (bicyclic) bond motifs is 1. The lowest BCUT2D eigenvalue weighted by atomic mass is 10.1. The molecular formula is C14H19ClN2S. The minimum atomic E-state index is 0. The van der Waals surface area contributed by atoms with Gasteiger partial charge in [0.05, 0.1) is 0 Å². The van der Waals surface area contributed by atoms with Crippen molar-refractivity contribution in [2.45, 2.75) is 13.0 Å². The first-order chi connectivity index (χ1) is 8.36. The molecule has 1 aliphatic rings. The fraction of sp³-hybridized carbons (Fsp3) is 0.429. The molecule has 0 bridgehead atoms. The lowest BCUT2D eigenvalue weighted by molar-refractivity contribution is 0.319. The van der Waals surface area contributed by atoms with E-state index in [0.29, 0.717) is 5.92 Å². The Balaban J connectivity index is 0.00000120. The highest BCUT2D eigenvalue weighted by molar-refractivity contribution is 7.17. The van der Waals surface area contributed by atoms with Crippen molar-refractivity contribution in [3.8, 4) is 0 Å². The summed E-state index contributed by atoms with van der Waals surface area (Å²) in [4.78, 5) is 2.53. The Labute approximate surface area is 118 Å². The smallest absolute Gasteiger partial charge is 0.0346 e. The minimum Gasteiger partial charge on any atom is -0.330 e. The quantitative estimate of drug-likeness (QED) is 0.937. The van der Waals surface area contributed by atoms with Crippen LogP contribution in [-0.2, 0) is 6.54 Å². The van der Waals surface area contributed by atoms with E-state index in [9.17, 15) is 0 Å². The molecule has 18 heavy (non-hydrogen) atoms. The van der Waals surface area contributed by atoms with Gasteiger partial charge < -0.3 is 5.73 Å². The van der Waals surface area contributed by atoms with Gasteiger partial charge in [0.2, 0.25) is 0 Å². The molecule has 1 fully saturated rings. The van der Waals surface area contributed by atoms with Crippen LogP contribution in [0.15, 0.2) is 29.6 Å². The number of rotatable bonds is 3. The predicted molar refractivity (Wildman–Crippen MR) is 81.5 cm³/mol. The molecule has 4 heteroatoms. The first-order valence-electron chi connectivity index (χ1n) is 6.24. The lowest BCUT2D eigenvalue weighted by Gasteiger charge is -2.15. The van der Waals surface area contributed by atoms with Gasteiger partial charge >= 0.3 is 0 Å². The molecule has 1 saturated heterocycles. The summed E-state index contributed by atoms with van der Waals surface area (Å²) in [6, 6.07) is 8.68. The van der Waals surface area contributed by atoms with Gasteiger partial charge in [-0.2, -0.15) is 0 Å². The molecule has 3 rings (SSSR count). The molecule has 1 atom stereocenters. The van der Waals surface area contributed by atoms with Crippen molar-refractivity contribution in [2.24, 2.45) is 11.7 Å². The summed E-state index contributed by atoms with van der Waals surface area (Å²) in [5.41, 5.74) is 7.21. The van der Waals surface area contributed by atoms with Gasteiger partial charge in [0.1, 0.15) is 0 Å². The predicted octanol–water partition coefficient (Wildman–Crippen LogP) is 3.10. The van der Waals surface area contributed by atoms with Gasteiger partial charge in [0.25, 0.3) is 0 Å². The molecule has 1 aromatic heterocycles. The van der Waals surface area contributed by atoms with Gasteiger partial charge in [-0.1, -0.05) is 18.2 Å². The summed E-state index contributed by atoms with van der Waals surface area (Å²) >= 11 is 1.85. The summed E-state index contributed by atoms with van der Waals surface area (Å²) in [6.45, 7) is 4.29. The second kappa shape index (κ2) is 6.02. The van der Waals surface area contributed by atoms with Gasteiger partial charge in [-0.05, 0) is 47.8 Å². The highest BCUT2D eigenvalue weighted by atomic mass is 35.5. The molecule has 1 unspecified atom stereocenters. The summed E-state index contributed by atoms with van der Waals surface area (Å²) < 4.78 is 1.40. The molecule has 1 aliphatic heterocycles. The fourth-order valence-electron chi connectivity index (χ4n) is 2.64. The van der Waals surface area contributed by atoms with Crippen LogP contribution in [0.3, 0.4) is 0 Å². The van der Waals surface area contributed by atoms with Crippen LogP contribution in [0, 0.1) is 5.92 Å². The number of halogens is 1. The van der Waals surface area contributed by atoms with Crippen LogP contribution in [0.4, 0.5) is 0 Å². The van der Waals surface area contributed by atoms with Crippen molar-refractivity contribution in [1.29, 1.82) is 0 Å². The number of hydrogen-bond acceptors (Lipinski definition) is 3. The van der Waals surface area contributed by atoms with Crippen molar-refractivity contribution >= 4 is 33.8 Å². The van der Waals surface area contributed by atoms with Crippen molar-refractivity contribution < 1.29 is 0 Å². The molecule has 0 saturated carbocycles. The third kappa shape index (κ3) is 2.69. The number of likely N-dealkylation sites (tertiary alicyclic amines) is 1. The van der Waals surface area contributed by atoms with Gasteiger partial charge in [-0.25, -0.2) is 0 Å². The normalized spacial score (nSPS) is 20.2. The Morgan fingerprint density at radius 1 is 1.33 bits per heavy atom. The van der Waals surface area contributed by atoms with Crippen molar-refractivity contribution in [1.82, 2.24) is 4.90 Å². The highest BCUT2D eigenvalue weighted by Crippen LogP contribution is 2.28. The number of nitrogens with two attached hydrogens (primary N) is 1. The summed E-state index contributed by atoms with van der Waals surface area (Å²) in [5.74, 6) is 0.708. The first-order valence-corrected chi connectivity index (χ1v) is 7.12. The molecule has 2 nitrogen and oxygen atoms in total. The number of hydrogen-bond donors (Lipinski definition) is 1. The summed E-state index contributed by atoms with van der Waals surface area (Å²) in [5, 5.41) is 3.73. The molecular weight excluding hydrogens is 264 g/mol. The molecule has 2 heterocycles. The zero-order valence-corrected chi connectivity index (χ0v) is 12.0. The van der Waals surface area contributed by atoms with Crippen LogP contribution in [0.2, 0.25) is 0 Å². The molecule has 0 amide bonds. The van der Waals surface area contributed by atoms with E-state index in [1.54, 1.807) is 0 Å². The Bertz CT molecular complexity index is 511. The highest BCUT2D eigenvalue weighted by Gasteiger charge is 2.21. The average molecular weight is 283 g/mol. The number of benzene rings is 1. The molecule has 2 aromatic rings. The van der Waals surface area contributed by atoms with E-state index in [0.717, 1.165) is 13.1 Å². The maximum atomic E-state index is 5.74. The topological polar surface area (TPSA) is 29.3 Å². The Morgan fingerprint density at radius 2 is 2.17 bits per heavy atom. The number of thiophene rings is 1. The van der Waals surface area contributed by atoms with E-state index in [1.165, 1.54) is 35.2 Å². The fourth-order valence-corrected chi connectivity index (χ4v) is 3.60. The van der Waals surface area contributed by atoms with E-state index >= 15 is 0 Å². The summed E-state index contributed by atoms with van der Waals surface area (Å²) in [7, 11) is 0. The van der Waals surface area contributed by atoms with E-state index in [4.69, 9.17) is 5.73 Å². The second-order valence-corrected chi connectivity index (χ2v) is 5.79. The van der Waals surface area contributed by atoms with Crippen LogP contribution in [0.25, 0.3) is 10.1 Å². The van der Waals surface area contributed by atoms with Crippen LogP contribution in [0.5, 0.6) is 0 Å². The maximum Gasteiger partial charge on any atom is 0.0346 e. The molecule has 0 spiro atoms. The maximum absolute atomic E-state index is 5.74.